The zero-order chi connectivity index (χ0) is 20.5. The SMILES string of the molecule is CC(C)Oc1cc(C(=N)c2cc(C3CC4COCC(C3)N4)ncn2)c(N)cc1F. The van der Waals surface area contributed by atoms with E-state index in [2.05, 4.69) is 15.3 Å². The number of anilines is 1. The largest absolute Gasteiger partial charge is 0.488 e. The van der Waals surface area contributed by atoms with Gasteiger partial charge in [-0.15, -0.1) is 0 Å². The Hall–Kier alpha value is -2.58. The van der Waals surface area contributed by atoms with E-state index in [0.29, 0.717) is 36.6 Å². The van der Waals surface area contributed by atoms with Crippen LogP contribution in [0.15, 0.2) is 24.5 Å². The Morgan fingerprint density at radius 1 is 1.24 bits per heavy atom. The molecule has 7 nitrogen and oxygen atoms in total. The third kappa shape index (κ3) is 4.23. The van der Waals surface area contributed by atoms with E-state index in [-0.39, 0.29) is 29.2 Å². The van der Waals surface area contributed by atoms with Crippen LogP contribution in [0.2, 0.25) is 0 Å². The lowest BCUT2D eigenvalue weighted by Gasteiger charge is -2.39. The number of morpholine rings is 1. The van der Waals surface area contributed by atoms with Crippen molar-refractivity contribution in [1.82, 2.24) is 15.3 Å². The summed E-state index contributed by atoms with van der Waals surface area (Å²) >= 11 is 0. The molecule has 0 spiro atoms. The molecular formula is C21H26FN5O2. The van der Waals surface area contributed by atoms with Crippen molar-refractivity contribution in [3.63, 3.8) is 0 Å². The van der Waals surface area contributed by atoms with Crippen molar-refractivity contribution in [3.8, 4) is 5.75 Å². The van der Waals surface area contributed by atoms with Gasteiger partial charge in [0.25, 0.3) is 0 Å². The third-order valence-electron chi connectivity index (χ3n) is 5.35. The van der Waals surface area contributed by atoms with Crippen molar-refractivity contribution in [2.45, 2.75) is 50.8 Å². The topological polar surface area (TPSA) is 106 Å². The fraction of sp³-hybridized carbons (Fsp3) is 0.476. The highest BCUT2D eigenvalue weighted by molar-refractivity contribution is 6.12. The van der Waals surface area contributed by atoms with Gasteiger partial charge in [-0.05, 0) is 38.8 Å². The zero-order valence-electron chi connectivity index (χ0n) is 16.6. The van der Waals surface area contributed by atoms with Crippen molar-refractivity contribution in [1.29, 1.82) is 5.41 Å². The van der Waals surface area contributed by atoms with Crippen LogP contribution in [0.5, 0.6) is 5.75 Å². The Labute approximate surface area is 169 Å². The van der Waals surface area contributed by atoms with Gasteiger partial charge in [-0.2, -0.15) is 0 Å². The van der Waals surface area contributed by atoms with Gasteiger partial charge in [-0.3, -0.25) is 5.41 Å². The van der Waals surface area contributed by atoms with E-state index in [4.69, 9.17) is 20.6 Å². The zero-order valence-corrected chi connectivity index (χ0v) is 16.6. The number of aromatic nitrogens is 2. The van der Waals surface area contributed by atoms with Crippen LogP contribution in [-0.4, -0.2) is 47.1 Å². The van der Waals surface area contributed by atoms with Crippen LogP contribution in [0.4, 0.5) is 10.1 Å². The third-order valence-corrected chi connectivity index (χ3v) is 5.35. The maximum atomic E-state index is 14.2. The standard InChI is InChI=1S/C21H26FN5O2/c1-11(2)29-20-5-15(17(23)6-16(20)22)21(24)19-7-18(25-10-26-19)12-3-13-8-28-9-14(4-12)27-13/h5-7,10-14,24,27H,3-4,8-9,23H2,1-2H3. The van der Waals surface area contributed by atoms with Gasteiger partial charge < -0.3 is 20.5 Å². The number of hydrogen-bond donors (Lipinski definition) is 3. The van der Waals surface area contributed by atoms with Gasteiger partial charge in [0.1, 0.15) is 6.33 Å². The quantitative estimate of drug-likeness (QED) is 0.527. The van der Waals surface area contributed by atoms with E-state index in [1.807, 2.05) is 19.9 Å². The Morgan fingerprint density at radius 3 is 2.66 bits per heavy atom. The van der Waals surface area contributed by atoms with Crippen molar-refractivity contribution < 1.29 is 13.9 Å². The summed E-state index contributed by atoms with van der Waals surface area (Å²) in [5.41, 5.74) is 8.07. The molecule has 2 saturated heterocycles. The Bertz CT molecular complexity index is 908. The molecule has 4 N–H and O–H groups in total. The van der Waals surface area contributed by atoms with E-state index >= 15 is 0 Å². The molecule has 2 fully saturated rings. The molecule has 2 unspecified atom stereocenters. The van der Waals surface area contributed by atoms with E-state index in [1.165, 1.54) is 18.5 Å². The van der Waals surface area contributed by atoms with E-state index in [1.54, 1.807) is 0 Å². The second kappa shape index (κ2) is 8.04. The number of rotatable bonds is 5. The lowest BCUT2D eigenvalue weighted by molar-refractivity contribution is 0.0176. The van der Waals surface area contributed by atoms with Gasteiger partial charge >= 0.3 is 0 Å². The van der Waals surface area contributed by atoms with Gasteiger partial charge in [-0.1, -0.05) is 0 Å². The summed E-state index contributed by atoms with van der Waals surface area (Å²) < 4.78 is 25.3. The number of nitrogens with zero attached hydrogens (tertiary/aromatic N) is 2. The van der Waals surface area contributed by atoms with Crippen LogP contribution in [0.3, 0.4) is 0 Å². The van der Waals surface area contributed by atoms with Crippen molar-refractivity contribution >= 4 is 11.4 Å². The first-order chi connectivity index (χ1) is 13.9. The first-order valence-electron chi connectivity index (χ1n) is 9.91. The van der Waals surface area contributed by atoms with Crippen LogP contribution in [0.25, 0.3) is 0 Å². The molecule has 3 heterocycles. The summed E-state index contributed by atoms with van der Waals surface area (Å²) in [6.07, 6.45) is 3.17. The van der Waals surface area contributed by atoms with Crippen LogP contribution in [-0.2, 0) is 4.74 Å². The molecular weight excluding hydrogens is 373 g/mol. The Kier molecular flexibility index (Phi) is 5.47. The molecule has 29 heavy (non-hydrogen) atoms. The molecule has 8 heteroatoms. The van der Waals surface area contributed by atoms with Gasteiger partial charge in [0.15, 0.2) is 11.6 Å². The second-order valence-electron chi connectivity index (χ2n) is 8.01. The molecule has 1 aromatic carbocycles. The molecule has 154 valence electrons. The minimum Gasteiger partial charge on any atom is -0.488 e. The normalized spacial score (nSPS) is 23.8. The highest BCUT2D eigenvalue weighted by Gasteiger charge is 2.33. The van der Waals surface area contributed by atoms with Crippen molar-refractivity contribution in [3.05, 3.63) is 47.3 Å². The van der Waals surface area contributed by atoms with Gasteiger partial charge in [0, 0.05) is 41.0 Å². The molecule has 2 aliphatic rings. The fourth-order valence-electron chi connectivity index (χ4n) is 4.08. The first kappa shape index (κ1) is 19.7. The number of piperidine rings is 1. The van der Waals surface area contributed by atoms with Crippen LogP contribution in [0, 0.1) is 11.2 Å². The average molecular weight is 399 g/mol. The maximum absolute atomic E-state index is 14.2. The number of hydrogen-bond acceptors (Lipinski definition) is 7. The van der Waals surface area contributed by atoms with Gasteiger partial charge in [0.2, 0.25) is 0 Å². The number of nitrogen functional groups attached to an aromatic ring is 1. The predicted molar refractivity (Wildman–Crippen MR) is 108 cm³/mol. The van der Waals surface area contributed by atoms with Crippen molar-refractivity contribution in [2.24, 2.45) is 0 Å². The smallest absolute Gasteiger partial charge is 0.167 e. The number of halogens is 1. The molecule has 2 aliphatic heterocycles. The highest BCUT2D eigenvalue weighted by atomic mass is 19.1. The summed E-state index contributed by atoms with van der Waals surface area (Å²) in [5, 5.41) is 12.2. The van der Waals surface area contributed by atoms with Crippen LogP contribution in [0.1, 0.15) is 49.6 Å². The highest BCUT2D eigenvalue weighted by Crippen LogP contribution is 2.32. The first-order valence-corrected chi connectivity index (χ1v) is 9.91. The Morgan fingerprint density at radius 2 is 1.97 bits per heavy atom. The summed E-state index contributed by atoms with van der Waals surface area (Å²) in [5.74, 6) is -0.177. The van der Waals surface area contributed by atoms with Gasteiger partial charge in [0.05, 0.1) is 30.7 Å². The summed E-state index contributed by atoms with van der Waals surface area (Å²) in [6.45, 7) is 5.06. The molecule has 1 aromatic heterocycles. The minimum atomic E-state index is -0.542. The summed E-state index contributed by atoms with van der Waals surface area (Å²) in [7, 11) is 0. The summed E-state index contributed by atoms with van der Waals surface area (Å²) in [4.78, 5) is 8.74. The predicted octanol–water partition coefficient (Wildman–Crippen LogP) is 2.64. The monoisotopic (exact) mass is 399 g/mol. The molecule has 2 atom stereocenters. The molecule has 0 aliphatic carbocycles. The Balaban J connectivity index is 1.61. The maximum Gasteiger partial charge on any atom is 0.167 e. The number of nitrogens with two attached hydrogens (primary N) is 1. The van der Waals surface area contributed by atoms with E-state index in [9.17, 15) is 4.39 Å². The number of ether oxygens (including phenoxy) is 2. The number of nitrogens with one attached hydrogen (secondary N) is 2. The molecule has 0 radical (unpaired) electrons. The molecule has 2 bridgehead atoms. The van der Waals surface area contributed by atoms with Crippen LogP contribution >= 0.6 is 0 Å². The second-order valence-corrected chi connectivity index (χ2v) is 8.01. The number of benzene rings is 1. The van der Waals surface area contributed by atoms with Gasteiger partial charge in [-0.25, -0.2) is 14.4 Å². The minimum absolute atomic E-state index is 0.0782. The van der Waals surface area contributed by atoms with Crippen molar-refractivity contribution in [2.75, 3.05) is 18.9 Å². The lowest BCUT2D eigenvalue weighted by atomic mass is 9.84. The average Bonchev–Trinajstić information content (AvgIpc) is 2.69. The molecule has 2 aromatic rings. The van der Waals surface area contributed by atoms with Crippen LogP contribution < -0.4 is 15.8 Å². The molecule has 0 saturated carbocycles. The number of fused-ring (bicyclic) bond motifs is 2. The van der Waals surface area contributed by atoms with E-state index in [0.717, 1.165) is 18.5 Å². The fourth-order valence-corrected chi connectivity index (χ4v) is 4.08. The molecule has 0 amide bonds. The molecule has 4 rings (SSSR count). The van der Waals surface area contributed by atoms with E-state index < -0.39 is 5.82 Å². The summed E-state index contributed by atoms with van der Waals surface area (Å²) in [6, 6.07) is 5.17. The lowest BCUT2D eigenvalue weighted by Crippen LogP contribution is -2.53.